The van der Waals surface area contributed by atoms with Crippen LogP contribution in [0.25, 0.3) is 10.7 Å². The van der Waals surface area contributed by atoms with Crippen molar-refractivity contribution in [2.24, 2.45) is 0 Å². The highest BCUT2D eigenvalue weighted by Gasteiger charge is 2.44. The van der Waals surface area contributed by atoms with Gasteiger partial charge in [-0.3, -0.25) is 9.69 Å². The summed E-state index contributed by atoms with van der Waals surface area (Å²) in [4.78, 5) is 32.1. The van der Waals surface area contributed by atoms with E-state index in [0.29, 0.717) is 5.82 Å². The number of urea groups is 1. The topological polar surface area (TPSA) is 79.5 Å². The zero-order chi connectivity index (χ0) is 15.3. The molecule has 3 amide bonds. The molecular weight excluding hydrogens is 372 g/mol. The van der Waals surface area contributed by atoms with Gasteiger partial charge in [-0.05, 0) is 40.9 Å². The maximum absolute atomic E-state index is 12.2. The quantitative estimate of drug-likeness (QED) is 0.758. The van der Waals surface area contributed by atoms with Gasteiger partial charge in [-0.1, -0.05) is 5.16 Å². The van der Waals surface area contributed by atoms with Crippen LogP contribution in [-0.4, -0.2) is 44.5 Å². The molecule has 1 aliphatic carbocycles. The van der Waals surface area contributed by atoms with Crippen molar-refractivity contribution in [3.8, 4) is 10.7 Å². The molecule has 22 heavy (non-hydrogen) atoms. The van der Waals surface area contributed by atoms with E-state index in [4.69, 9.17) is 4.52 Å². The first-order valence-corrected chi connectivity index (χ1v) is 8.42. The average Bonchev–Trinajstić information content (AvgIpc) is 2.95. The minimum Gasteiger partial charge on any atom is -0.337 e. The Bertz CT molecular complexity index is 754. The number of imide groups is 1. The minimum atomic E-state index is -0.258. The van der Waals surface area contributed by atoms with Crippen LogP contribution in [-0.2, 0) is 11.3 Å². The Hall–Kier alpha value is -1.74. The second-order valence-electron chi connectivity index (χ2n) is 5.24. The van der Waals surface area contributed by atoms with E-state index in [1.54, 1.807) is 4.90 Å². The van der Waals surface area contributed by atoms with E-state index in [9.17, 15) is 9.59 Å². The Morgan fingerprint density at radius 3 is 2.86 bits per heavy atom. The lowest BCUT2D eigenvalue weighted by Crippen LogP contribution is -2.33. The number of carbonyl (C=O) groups excluding carboxylic acids is 2. The van der Waals surface area contributed by atoms with Crippen LogP contribution < -0.4 is 0 Å². The van der Waals surface area contributed by atoms with Gasteiger partial charge in [-0.25, -0.2) is 4.79 Å². The molecular formula is C13H11BrN4O3S. The van der Waals surface area contributed by atoms with Crippen molar-refractivity contribution in [3.05, 3.63) is 21.8 Å². The van der Waals surface area contributed by atoms with Gasteiger partial charge in [-0.2, -0.15) is 4.98 Å². The van der Waals surface area contributed by atoms with E-state index in [-0.39, 0.29) is 37.0 Å². The van der Waals surface area contributed by atoms with Gasteiger partial charge in [0.1, 0.15) is 13.1 Å². The Morgan fingerprint density at radius 2 is 2.18 bits per heavy atom. The molecule has 1 aliphatic heterocycles. The third-order valence-corrected chi connectivity index (χ3v) is 5.25. The summed E-state index contributed by atoms with van der Waals surface area (Å²) in [5.74, 6) is 0.512. The molecule has 0 unspecified atom stereocenters. The third kappa shape index (κ3) is 2.44. The van der Waals surface area contributed by atoms with Crippen LogP contribution in [0.3, 0.4) is 0 Å². The van der Waals surface area contributed by atoms with Crippen molar-refractivity contribution in [1.29, 1.82) is 0 Å². The lowest BCUT2D eigenvalue weighted by atomic mass is 10.4. The van der Waals surface area contributed by atoms with Gasteiger partial charge in [0.05, 0.1) is 8.66 Å². The number of amides is 3. The van der Waals surface area contributed by atoms with Gasteiger partial charge in [0.25, 0.3) is 5.91 Å². The summed E-state index contributed by atoms with van der Waals surface area (Å²) < 4.78 is 6.14. The van der Waals surface area contributed by atoms with E-state index >= 15 is 0 Å². The normalized spacial score (nSPS) is 18.6. The molecule has 3 heterocycles. The van der Waals surface area contributed by atoms with Gasteiger partial charge in [0.2, 0.25) is 11.7 Å². The van der Waals surface area contributed by atoms with Crippen LogP contribution in [0.1, 0.15) is 18.7 Å². The predicted molar refractivity (Wildman–Crippen MR) is 81.0 cm³/mol. The number of nitrogens with zero attached hydrogens (tertiary/aromatic N) is 4. The lowest BCUT2D eigenvalue weighted by molar-refractivity contribution is -0.126. The number of hydrogen-bond donors (Lipinski definition) is 0. The zero-order valence-corrected chi connectivity index (χ0v) is 13.8. The van der Waals surface area contributed by atoms with Crippen molar-refractivity contribution < 1.29 is 14.1 Å². The van der Waals surface area contributed by atoms with Gasteiger partial charge in [0.15, 0.2) is 0 Å². The molecule has 2 aliphatic rings. The number of aromatic nitrogens is 2. The fourth-order valence-electron chi connectivity index (χ4n) is 2.38. The molecule has 0 spiro atoms. The summed E-state index contributed by atoms with van der Waals surface area (Å²) in [5.41, 5.74) is 0. The second-order valence-corrected chi connectivity index (χ2v) is 7.70. The standard InChI is InChI=1S/C13H11BrN4O3S/c14-9-4-3-8(22-9)12-15-10(21-16-12)5-18-11(19)6-17(13(18)20)7-1-2-7/h3-4,7H,1-2,5-6H2. The highest BCUT2D eigenvalue weighted by Crippen LogP contribution is 2.31. The van der Waals surface area contributed by atoms with Crippen molar-refractivity contribution in [1.82, 2.24) is 19.9 Å². The van der Waals surface area contributed by atoms with Crippen LogP contribution in [0, 0.1) is 0 Å². The number of carbonyl (C=O) groups is 2. The second kappa shape index (κ2) is 5.17. The first-order chi connectivity index (χ1) is 10.6. The third-order valence-electron chi connectivity index (χ3n) is 3.63. The van der Waals surface area contributed by atoms with Crippen molar-refractivity contribution in [3.63, 3.8) is 0 Å². The summed E-state index contributed by atoms with van der Waals surface area (Å²) in [7, 11) is 0. The molecule has 1 saturated heterocycles. The zero-order valence-electron chi connectivity index (χ0n) is 11.4. The highest BCUT2D eigenvalue weighted by molar-refractivity contribution is 9.11. The Kier molecular flexibility index (Phi) is 3.26. The minimum absolute atomic E-state index is 0.0282. The number of thiophene rings is 1. The maximum Gasteiger partial charge on any atom is 0.327 e. The summed E-state index contributed by atoms with van der Waals surface area (Å²) in [6.45, 7) is 0.183. The van der Waals surface area contributed by atoms with E-state index in [0.717, 1.165) is 21.5 Å². The van der Waals surface area contributed by atoms with Crippen LogP contribution in [0.2, 0.25) is 0 Å². The van der Waals surface area contributed by atoms with Gasteiger partial charge < -0.3 is 9.42 Å². The van der Waals surface area contributed by atoms with Gasteiger partial charge in [0, 0.05) is 6.04 Å². The van der Waals surface area contributed by atoms with E-state index < -0.39 is 0 Å². The first-order valence-electron chi connectivity index (χ1n) is 6.81. The monoisotopic (exact) mass is 382 g/mol. The molecule has 4 rings (SSSR count). The van der Waals surface area contributed by atoms with E-state index in [2.05, 4.69) is 26.1 Å². The average molecular weight is 383 g/mol. The molecule has 2 aromatic rings. The number of hydrogen-bond acceptors (Lipinski definition) is 6. The molecule has 0 bridgehead atoms. The number of halogens is 1. The fourth-order valence-corrected chi connectivity index (χ4v) is 3.69. The molecule has 0 N–H and O–H groups in total. The van der Waals surface area contributed by atoms with Gasteiger partial charge in [-0.15, -0.1) is 11.3 Å². The van der Waals surface area contributed by atoms with E-state index in [1.807, 2.05) is 12.1 Å². The summed E-state index contributed by atoms with van der Waals surface area (Å²) in [5, 5.41) is 3.90. The molecule has 114 valence electrons. The van der Waals surface area contributed by atoms with Crippen molar-refractivity contribution >= 4 is 39.2 Å². The molecule has 2 aromatic heterocycles. The van der Waals surface area contributed by atoms with Crippen LogP contribution >= 0.6 is 27.3 Å². The smallest absolute Gasteiger partial charge is 0.327 e. The summed E-state index contributed by atoms with van der Waals surface area (Å²) in [6.07, 6.45) is 1.95. The van der Waals surface area contributed by atoms with Crippen molar-refractivity contribution in [2.45, 2.75) is 25.4 Å². The Labute approximate surface area is 138 Å². The molecule has 0 radical (unpaired) electrons. The van der Waals surface area contributed by atoms with Crippen LogP contribution in [0.4, 0.5) is 4.79 Å². The SMILES string of the molecule is O=C1CN(C2CC2)C(=O)N1Cc1nc(-c2ccc(Br)s2)no1. The predicted octanol–water partition coefficient (Wildman–Crippen LogP) is 2.49. The first kappa shape index (κ1) is 13.9. The van der Waals surface area contributed by atoms with Crippen molar-refractivity contribution in [2.75, 3.05) is 6.54 Å². The molecule has 9 heteroatoms. The van der Waals surface area contributed by atoms with E-state index in [1.165, 1.54) is 16.2 Å². The Morgan fingerprint density at radius 1 is 1.36 bits per heavy atom. The molecule has 0 atom stereocenters. The maximum atomic E-state index is 12.2. The summed E-state index contributed by atoms with van der Waals surface area (Å²) >= 11 is 4.86. The highest BCUT2D eigenvalue weighted by atomic mass is 79.9. The molecule has 1 saturated carbocycles. The molecule has 7 nitrogen and oxygen atoms in total. The largest absolute Gasteiger partial charge is 0.337 e. The van der Waals surface area contributed by atoms with Crippen LogP contribution in [0.5, 0.6) is 0 Å². The van der Waals surface area contributed by atoms with Crippen LogP contribution in [0.15, 0.2) is 20.4 Å². The molecule has 2 fully saturated rings. The molecule has 0 aromatic carbocycles. The lowest BCUT2D eigenvalue weighted by Gasteiger charge is -2.14. The Balaban J connectivity index is 1.50. The fraction of sp³-hybridized carbons (Fsp3) is 0.385. The number of rotatable bonds is 4. The summed E-state index contributed by atoms with van der Waals surface area (Å²) in [6, 6.07) is 3.75. The van der Waals surface area contributed by atoms with Gasteiger partial charge >= 0.3 is 6.03 Å².